The quantitative estimate of drug-likeness (QED) is 0.109. The smallest absolute Gasteiger partial charge is 0.325 e. The van der Waals surface area contributed by atoms with E-state index in [2.05, 4.69) is 40.9 Å². The first-order chi connectivity index (χ1) is 19.2. The summed E-state index contributed by atoms with van der Waals surface area (Å²) in [5.41, 5.74) is 9.12. The first kappa shape index (κ1) is 28.0. The molecule has 0 fully saturated rings. The van der Waals surface area contributed by atoms with Crippen LogP contribution in [0.3, 0.4) is 0 Å². The molecule has 4 unspecified atom stereocenters. The number of carboxylic acid groups (broad SMARTS) is 1. The van der Waals surface area contributed by atoms with Gasteiger partial charge in [-0.05, 0) is 25.0 Å². The van der Waals surface area contributed by atoms with E-state index in [0.717, 1.165) is 16.5 Å². The minimum Gasteiger partial charge on any atom is -0.480 e. The number of nitrogens with one attached hydrogen (secondary N) is 6. The van der Waals surface area contributed by atoms with Gasteiger partial charge >= 0.3 is 5.97 Å². The highest BCUT2D eigenvalue weighted by Crippen LogP contribution is 2.19. The van der Waals surface area contributed by atoms with Crippen molar-refractivity contribution < 1.29 is 24.3 Å². The third-order valence-electron chi connectivity index (χ3n) is 6.40. The van der Waals surface area contributed by atoms with Crippen LogP contribution in [0.4, 0.5) is 0 Å². The van der Waals surface area contributed by atoms with Gasteiger partial charge in [0.05, 0.1) is 18.7 Å². The highest BCUT2D eigenvalue weighted by molar-refractivity contribution is 5.94. The highest BCUT2D eigenvalue weighted by atomic mass is 16.4. The molecule has 3 heterocycles. The predicted molar refractivity (Wildman–Crippen MR) is 144 cm³/mol. The zero-order chi connectivity index (χ0) is 28.6. The molecule has 14 nitrogen and oxygen atoms in total. The molecule has 0 bridgehead atoms. The van der Waals surface area contributed by atoms with Gasteiger partial charge in [-0.15, -0.1) is 0 Å². The lowest BCUT2D eigenvalue weighted by Gasteiger charge is -2.24. The second-order valence-electron chi connectivity index (χ2n) is 9.42. The van der Waals surface area contributed by atoms with E-state index in [1.807, 2.05) is 24.3 Å². The molecular weight excluding hydrogens is 518 g/mol. The van der Waals surface area contributed by atoms with Gasteiger partial charge in [-0.25, -0.2) is 9.97 Å². The van der Waals surface area contributed by atoms with Crippen LogP contribution in [0.2, 0.25) is 0 Å². The predicted octanol–water partition coefficient (Wildman–Crippen LogP) is -0.472. The molecule has 0 aliphatic heterocycles. The number of benzene rings is 1. The summed E-state index contributed by atoms with van der Waals surface area (Å²) in [7, 11) is 0. The van der Waals surface area contributed by atoms with E-state index in [1.165, 1.54) is 32.0 Å². The molecule has 210 valence electrons. The van der Waals surface area contributed by atoms with Crippen molar-refractivity contribution in [3.8, 4) is 0 Å². The molecule has 0 saturated carbocycles. The fourth-order valence-electron chi connectivity index (χ4n) is 4.21. The van der Waals surface area contributed by atoms with Crippen molar-refractivity contribution in [3.05, 3.63) is 72.5 Å². The molecular formula is C26H31N9O5. The second kappa shape index (κ2) is 12.7. The summed E-state index contributed by atoms with van der Waals surface area (Å²) < 4.78 is 0. The molecule has 40 heavy (non-hydrogen) atoms. The fraction of sp³-hybridized carbons (Fsp3) is 0.308. The van der Waals surface area contributed by atoms with E-state index in [4.69, 9.17) is 5.73 Å². The van der Waals surface area contributed by atoms with Crippen LogP contribution >= 0.6 is 0 Å². The van der Waals surface area contributed by atoms with Gasteiger partial charge in [-0.3, -0.25) is 19.2 Å². The van der Waals surface area contributed by atoms with Crippen LogP contribution in [0.15, 0.2) is 55.5 Å². The third kappa shape index (κ3) is 7.11. The summed E-state index contributed by atoms with van der Waals surface area (Å²) >= 11 is 0. The molecule has 1 aromatic carbocycles. The number of hydrogen-bond acceptors (Lipinski definition) is 7. The molecule has 9 N–H and O–H groups in total. The summed E-state index contributed by atoms with van der Waals surface area (Å²) in [6, 6.07) is 3.22. The maximum atomic E-state index is 13.5. The van der Waals surface area contributed by atoms with Crippen molar-refractivity contribution >= 4 is 34.6 Å². The fourth-order valence-corrected chi connectivity index (χ4v) is 4.21. The molecule has 0 aliphatic rings. The van der Waals surface area contributed by atoms with Crippen LogP contribution in [-0.4, -0.2) is 77.9 Å². The highest BCUT2D eigenvalue weighted by Gasteiger charge is 2.30. The van der Waals surface area contributed by atoms with Gasteiger partial charge in [0.1, 0.15) is 18.1 Å². The monoisotopic (exact) mass is 549 g/mol. The number of fused-ring (bicyclic) bond motifs is 1. The minimum absolute atomic E-state index is 0.00864. The van der Waals surface area contributed by atoms with Crippen LogP contribution in [-0.2, 0) is 38.4 Å². The van der Waals surface area contributed by atoms with E-state index in [-0.39, 0.29) is 19.3 Å². The van der Waals surface area contributed by atoms with Crippen molar-refractivity contribution in [2.45, 2.75) is 50.4 Å². The number of H-pyrrole nitrogens is 3. The maximum Gasteiger partial charge on any atom is 0.325 e. The number of carboxylic acids is 1. The average molecular weight is 550 g/mol. The lowest BCUT2D eigenvalue weighted by Crippen LogP contribution is -2.58. The zero-order valence-corrected chi connectivity index (χ0v) is 21.7. The van der Waals surface area contributed by atoms with E-state index < -0.39 is 47.9 Å². The molecule has 4 rings (SSSR count). The second-order valence-corrected chi connectivity index (χ2v) is 9.42. The number of aliphatic carboxylic acids is 1. The summed E-state index contributed by atoms with van der Waals surface area (Å²) in [4.78, 5) is 67.6. The van der Waals surface area contributed by atoms with Gasteiger partial charge in [0.25, 0.3) is 0 Å². The van der Waals surface area contributed by atoms with Crippen molar-refractivity contribution in [1.29, 1.82) is 0 Å². The Morgan fingerprint density at radius 1 is 0.850 bits per heavy atom. The Morgan fingerprint density at radius 2 is 1.43 bits per heavy atom. The largest absolute Gasteiger partial charge is 0.480 e. The third-order valence-corrected chi connectivity index (χ3v) is 6.40. The molecule has 0 saturated heterocycles. The number of carbonyl (C=O) groups is 4. The molecule has 0 radical (unpaired) electrons. The van der Waals surface area contributed by atoms with Gasteiger partial charge in [-0.2, -0.15) is 0 Å². The van der Waals surface area contributed by atoms with Gasteiger partial charge in [0.2, 0.25) is 17.7 Å². The number of aromatic nitrogens is 5. The molecule has 4 aromatic rings. The normalized spacial score (nSPS) is 14.2. The lowest BCUT2D eigenvalue weighted by molar-refractivity contribution is -0.141. The number of imidazole rings is 2. The summed E-state index contributed by atoms with van der Waals surface area (Å²) in [6.45, 7) is 1.31. The van der Waals surface area contributed by atoms with Crippen LogP contribution in [0.25, 0.3) is 10.9 Å². The Bertz CT molecular complexity index is 1450. The van der Waals surface area contributed by atoms with Crippen molar-refractivity contribution in [3.63, 3.8) is 0 Å². The number of rotatable bonds is 13. The molecule has 3 aromatic heterocycles. The number of nitrogens with two attached hydrogens (primary N) is 1. The number of amides is 3. The van der Waals surface area contributed by atoms with Gasteiger partial charge in [-0.1, -0.05) is 18.2 Å². The summed E-state index contributed by atoms with van der Waals surface area (Å²) in [6.07, 6.45) is 7.94. The molecule has 4 atom stereocenters. The molecule has 14 heteroatoms. The number of carbonyl (C=O) groups excluding carboxylic acids is 3. The topological polar surface area (TPSA) is 224 Å². The van der Waals surface area contributed by atoms with Crippen LogP contribution in [0.1, 0.15) is 23.9 Å². The molecule has 3 amide bonds. The Hall–Kier alpha value is -4.98. The van der Waals surface area contributed by atoms with Gasteiger partial charge in [0.15, 0.2) is 0 Å². The number of aromatic amines is 3. The van der Waals surface area contributed by atoms with Crippen molar-refractivity contribution in [1.82, 2.24) is 40.9 Å². The Kier molecular flexibility index (Phi) is 8.91. The first-order valence-corrected chi connectivity index (χ1v) is 12.6. The van der Waals surface area contributed by atoms with Crippen molar-refractivity contribution in [2.24, 2.45) is 5.73 Å². The Morgan fingerprint density at radius 3 is 2.00 bits per heavy atom. The van der Waals surface area contributed by atoms with Gasteiger partial charge < -0.3 is 41.7 Å². The Labute approximate surface area is 228 Å². The van der Waals surface area contributed by atoms with Gasteiger partial charge in [0, 0.05) is 53.7 Å². The summed E-state index contributed by atoms with van der Waals surface area (Å²) in [5, 5.41) is 17.8. The number of nitrogens with zero attached hydrogens (tertiary/aromatic N) is 2. The zero-order valence-electron chi connectivity index (χ0n) is 21.7. The Balaban J connectivity index is 1.49. The van der Waals surface area contributed by atoms with Crippen LogP contribution < -0.4 is 21.7 Å². The van der Waals surface area contributed by atoms with E-state index in [1.54, 1.807) is 6.20 Å². The lowest BCUT2D eigenvalue weighted by atomic mass is 10.0. The average Bonchev–Trinajstić information content (AvgIpc) is 3.71. The van der Waals surface area contributed by atoms with E-state index >= 15 is 0 Å². The minimum atomic E-state index is -1.23. The molecule has 0 spiro atoms. The van der Waals surface area contributed by atoms with E-state index in [9.17, 15) is 24.3 Å². The molecule has 0 aliphatic carbocycles. The van der Waals surface area contributed by atoms with E-state index in [0.29, 0.717) is 11.4 Å². The maximum absolute atomic E-state index is 13.5. The SMILES string of the molecule is CC(NC(=O)C(Cc1cnc[nH]1)NC(=O)C(Cc1cnc[nH]1)NC(=O)C(N)Cc1c[nH]c2ccccc12)C(=O)O. The first-order valence-electron chi connectivity index (χ1n) is 12.6. The summed E-state index contributed by atoms with van der Waals surface area (Å²) in [5.74, 6) is -3.15. The number of hydrogen-bond donors (Lipinski definition) is 8. The standard InChI is InChI=1S/C26H31N9O5/c1-14(26(39)40)33-24(37)21(7-16-10-28-12-31-16)35-25(38)22(8-17-11-29-13-32-17)34-23(36)19(27)6-15-9-30-20-5-3-2-4-18(15)20/h2-5,9-14,19,21-22,30H,6-8,27H2,1H3,(H,28,31)(H,29,32)(H,33,37)(H,34,36)(H,35,38)(H,39,40). The van der Waals surface area contributed by atoms with Crippen LogP contribution in [0, 0.1) is 0 Å². The number of para-hydroxylation sites is 1. The van der Waals surface area contributed by atoms with Crippen molar-refractivity contribution in [2.75, 3.05) is 0 Å². The van der Waals surface area contributed by atoms with Crippen LogP contribution in [0.5, 0.6) is 0 Å².